The first-order valence-corrected chi connectivity index (χ1v) is 7.25. The standard InChI is InChI=1S/C13H22N2O3S.BrH/c1-10-11(5-8-16)19-9-15(10)7-6-14-12(17)18-13(2,3)4;/h9,16H,5-8H2,1-4H3;1H. The van der Waals surface area contributed by atoms with E-state index < -0.39 is 11.7 Å². The van der Waals surface area contributed by atoms with Gasteiger partial charge in [-0.1, -0.05) is 11.3 Å². The van der Waals surface area contributed by atoms with Gasteiger partial charge in [0.15, 0.2) is 12.2 Å². The van der Waals surface area contributed by atoms with Crippen molar-refractivity contribution >= 4 is 17.4 Å². The molecule has 0 bridgehead atoms. The molecule has 0 unspecified atom stereocenters. The van der Waals surface area contributed by atoms with E-state index in [1.165, 1.54) is 4.88 Å². The molecule has 0 saturated heterocycles. The van der Waals surface area contributed by atoms with Crippen LogP contribution < -0.4 is 26.9 Å². The van der Waals surface area contributed by atoms with Crippen molar-refractivity contribution in [3.8, 4) is 0 Å². The maximum absolute atomic E-state index is 11.5. The predicted octanol–water partition coefficient (Wildman–Crippen LogP) is -1.59. The first-order valence-electron chi connectivity index (χ1n) is 6.37. The third-order valence-corrected chi connectivity index (χ3v) is 3.66. The summed E-state index contributed by atoms with van der Waals surface area (Å²) in [5.74, 6) is 0. The van der Waals surface area contributed by atoms with Gasteiger partial charge in [-0.3, -0.25) is 0 Å². The Morgan fingerprint density at radius 1 is 1.50 bits per heavy atom. The van der Waals surface area contributed by atoms with E-state index in [2.05, 4.69) is 9.88 Å². The van der Waals surface area contributed by atoms with Gasteiger partial charge in [-0.2, -0.15) is 4.57 Å². The fraction of sp³-hybridized carbons (Fsp3) is 0.692. The zero-order valence-corrected chi connectivity index (χ0v) is 14.8. The molecule has 1 heterocycles. The van der Waals surface area contributed by atoms with E-state index in [0.29, 0.717) is 19.5 Å². The number of hydrogen-bond donors (Lipinski definition) is 2. The predicted molar refractivity (Wildman–Crippen MR) is 74.3 cm³/mol. The van der Waals surface area contributed by atoms with Gasteiger partial charge in [-0.15, -0.1) is 0 Å². The Kier molecular flexibility index (Phi) is 8.30. The number of hydrogen-bond acceptors (Lipinski definition) is 4. The number of nitrogens with zero attached hydrogens (tertiary/aromatic N) is 1. The molecule has 0 aliphatic carbocycles. The van der Waals surface area contributed by atoms with Crippen LogP contribution in [0.2, 0.25) is 0 Å². The second kappa shape index (κ2) is 8.59. The van der Waals surface area contributed by atoms with Gasteiger partial charge in [0.1, 0.15) is 5.60 Å². The number of aliphatic hydroxyl groups excluding tert-OH is 1. The van der Waals surface area contributed by atoms with Gasteiger partial charge < -0.3 is 32.1 Å². The molecule has 1 aromatic rings. The number of ether oxygens (including phenoxy) is 1. The van der Waals surface area contributed by atoms with Crippen LogP contribution in [-0.4, -0.2) is 30.0 Å². The highest BCUT2D eigenvalue weighted by atomic mass is 79.9. The lowest BCUT2D eigenvalue weighted by atomic mass is 10.2. The second-order valence-electron chi connectivity index (χ2n) is 5.33. The Balaban J connectivity index is 0.00000361. The largest absolute Gasteiger partial charge is 1.00 e. The third kappa shape index (κ3) is 6.67. The number of alkyl carbamates (subject to hydrolysis) is 1. The molecule has 20 heavy (non-hydrogen) atoms. The lowest BCUT2D eigenvalue weighted by Gasteiger charge is -2.19. The summed E-state index contributed by atoms with van der Waals surface area (Å²) in [4.78, 5) is 12.6. The maximum Gasteiger partial charge on any atom is 0.407 e. The molecule has 0 fully saturated rings. The van der Waals surface area contributed by atoms with Crippen LogP contribution in [-0.2, 0) is 17.7 Å². The minimum absolute atomic E-state index is 0. The number of aliphatic hydroxyl groups is 1. The van der Waals surface area contributed by atoms with E-state index in [0.717, 1.165) is 5.69 Å². The van der Waals surface area contributed by atoms with Crippen LogP contribution >= 0.6 is 11.3 Å². The quantitative estimate of drug-likeness (QED) is 0.617. The molecule has 116 valence electrons. The van der Waals surface area contributed by atoms with E-state index in [1.54, 1.807) is 11.3 Å². The van der Waals surface area contributed by atoms with E-state index in [9.17, 15) is 4.79 Å². The van der Waals surface area contributed by atoms with Crippen molar-refractivity contribution in [2.45, 2.75) is 46.3 Å². The second-order valence-corrected chi connectivity index (χ2v) is 6.27. The summed E-state index contributed by atoms with van der Waals surface area (Å²) in [7, 11) is 0. The van der Waals surface area contributed by atoms with Crippen molar-refractivity contribution in [1.29, 1.82) is 0 Å². The monoisotopic (exact) mass is 366 g/mol. The van der Waals surface area contributed by atoms with Crippen LogP contribution in [0.4, 0.5) is 4.79 Å². The van der Waals surface area contributed by atoms with Crippen molar-refractivity contribution in [3.63, 3.8) is 0 Å². The number of rotatable bonds is 5. The molecule has 0 aromatic carbocycles. The number of thiazole rings is 1. The molecule has 5 nitrogen and oxygen atoms in total. The average Bonchev–Trinajstić information content (AvgIpc) is 2.59. The van der Waals surface area contributed by atoms with Gasteiger partial charge in [-0.25, -0.2) is 4.79 Å². The van der Waals surface area contributed by atoms with Crippen LogP contribution in [0.25, 0.3) is 0 Å². The number of carbonyl (C=O) groups is 1. The zero-order valence-electron chi connectivity index (χ0n) is 12.4. The van der Waals surface area contributed by atoms with Gasteiger partial charge in [-0.05, 0) is 20.8 Å². The van der Waals surface area contributed by atoms with Gasteiger partial charge in [0.2, 0.25) is 5.51 Å². The van der Waals surface area contributed by atoms with E-state index in [1.807, 2.05) is 33.2 Å². The Bertz CT molecular complexity index is 430. The number of halogens is 1. The van der Waals surface area contributed by atoms with Crippen LogP contribution in [0.1, 0.15) is 31.3 Å². The molecule has 0 spiro atoms. The zero-order chi connectivity index (χ0) is 14.5. The Morgan fingerprint density at radius 2 is 2.15 bits per heavy atom. The summed E-state index contributed by atoms with van der Waals surface area (Å²) in [6.45, 7) is 8.93. The summed E-state index contributed by atoms with van der Waals surface area (Å²) < 4.78 is 7.24. The summed E-state index contributed by atoms with van der Waals surface area (Å²) in [5, 5.41) is 11.7. The van der Waals surface area contributed by atoms with Crippen LogP contribution in [0.15, 0.2) is 5.51 Å². The summed E-state index contributed by atoms with van der Waals surface area (Å²) >= 11 is 1.63. The lowest BCUT2D eigenvalue weighted by Crippen LogP contribution is -3.00. The highest BCUT2D eigenvalue weighted by Gasteiger charge is 2.17. The first-order chi connectivity index (χ1) is 8.83. The van der Waals surface area contributed by atoms with Gasteiger partial charge in [0.05, 0.1) is 11.4 Å². The fourth-order valence-electron chi connectivity index (χ4n) is 1.61. The highest BCUT2D eigenvalue weighted by Crippen LogP contribution is 2.11. The molecule has 7 heteroatoms. The minimum Gasteiger partial charge on any atom is -1.00 e. The molecule has 0 saturated carbocycles. The van der Waals surface area contributed by atoms with E-state index in [-0.39, 0.29) is 23.6 Å². The summed E-state index contributed by atoms with van der Waals surface area (Å²) in [6, 6.07) is 0. The van der Waals surface area contributed by atoms with Crippen LogP contribution in [0.5, 0.6) is 0 Å². The van der Waals surface area contributed by atoms with Crippen molar-refractivity contribution in [1.82, 2.24) is 5.32 Å². The smallest absolute Gasteiger partial charge is 0.407 e. The highest BCUT2D eigenvalue weighted by molar-refractivity contribution is 7.09. The SMILES string of the molecule is Cc1c(CCO)sc[n+]1CCNC(=O)OC(C)(C)C.[Br-]. The maximum atomic E-state index is 11.5. The van der Waals surface area contributed by atoms with E-state index in [4.69, 9.17) is 9.84 Å². The molecule has 0 aliphatic rings. The first kappa shape index (κ1) is 19.3. The molecule has 0 atom stereocenters. The van der Waals surface area contributed by atoms with Crippen molar-refractivity contribution in [3.05, 3.63) is 16.1 Å². The molecule has 2 N–H and O–H groups in total. The molecular formula is C13H23BrN2O3S. The van der Waals surface area contributed by atoms with E-state index >= 15 is 0 Å². The van der Waals surface area contributed by atoms with Crippen LogP contribution in [0, 0.1) is 6.92 Å². The van der Waals surface area contributed by atoms with Gasteiger partial charge in [0, 0.05) is 20.0 Å². The minimum atomic E-state index is -0.468. The normalized spacial score (nSPS) is 10.8. The fourth-order valence-corrected chi connectivity index (χ4v) is 2.62. The molecule has 0 radical (unpaired) electrons. The summed E-state index contributed by atoms with van der Waals surface area (Å²) in [6.07, 6.45) is 0.291. The third-order valence-electron chi connectivity index (χ3n) is 2.52. The Morgan fingerprint density at radius 3 is 2.70 bits per heavy atom. The van der Waals surface area contributed by atoms with Crippen molar-refractivity contribution in [2.75, 3.05) is 13.2 Å². The van der Waals surface area contributed by atoms with Crippen molar-refractivity contribution in [2.24, 2.45) is 0 Å². The summed E-state index contributed by atoms with van der Waals surface area (Å²) in [5.41, 5.74) is 2.69. The topological polar surface area (TPSA) is 62.4 Å². The number of nitrogens with one attached hydrogen (secondary N) is 1. The van der Waals surface area contributed by atoms with Crippen LogP contribution in [0.3, 0.4) is 0 Å². The molecular weight excluding hydrogens is 344 g/mol. The van der Waals surface area contributed by atoms with Crippen molar-refractivity contribution < 1.29 is 36.2 Å². The lowest BCUT2D eigenvalue weighted by molar-refractivity contribution is -0.696. The molecule has 1 amide bonds. The number of amides is 1. The average molecular weight is 367 g/mol. The Hall–Kier alpha value is -0.660. The van der Waals surface area contributed by atoms with Gasteiger partial charge >= 0.3 is 6.09 Å². The Labute approximate surface area is 134 Å². The van der Waals surface area contributed by atoms with Gasteiger partial charge in [0.25, 0.3) is 0 Å². The molecule has 1 rings (SSSR count). The number of carbonyl (C=O) groups excluding carboxylic acids is 1. The molecule has 1 aromatic heterocycles. The number of aromatic nitrogens is 1. The molecule has 0 aliphatic heterocycles.